The first-order chi connectivity index (χ1) is 9.24. The van der Waals surface area contributed by atoms with Gasteiger partial charge >= 0.3 is 0 Å². The van der Waals surface area contributed by atoms with Gasteiger partial charge in [-0.1, -0.05) is 6.07 Å². The average Bonchev–Trinajstić information content (AvgIpc) is 2.45. The SMILES string of the molecule is CCOCCCNC(=O)c1c(OC)cccc1OC. The quantitative estimate of drug-likeness (QED) is 0.730. The molecule has 1 aromatic rings. The van der Waals surface area contributed by atoms with E-state index in [0.29, 0.717) is 36.8 Å². The summed E-state index contributed by atoms with van der Waals surface area (Å²) in [5, 5.41) is 2.83. The maximum absolute atomic E-state index is 12.1. The zero-order chi connectivity index (χ0) is 14.1. The lowest BCUT2D eigenvalue weighted by molar-refractivity contribution is 0.0938. The molecule has 0 saturated heterocycles. The largest absolute Gasteiger partial charge is 0.496 e. The number of amides is 1. The molecule has 5 heteroatoms. The fourth-order valence-corrected chi connectivity index (χ4v) is 1.68. The smallest absolute Gasteiger partial charge is 0.258 e. The van der Waals surface area contributed by atoms with Crippen molar-refractivity contribution in [2.45, 2.75) is 13.3 Å². The number of benzene rings is 1. The lowest BCUT2D eigenvalue weighted by atomic mass is 10.1. The lowest BCUT2D eigenvalue weighted by Crippen LogP contribution is -2.26. The Bertz CT molecular complexity index is 384. The highest BCUT2D eigenvalue weighted by Crippen LogP contribution is 2.27. The number of rotatable bonds is 8. The third-order valence-electron chi connectivity index (χ3n) is 2.61. The lowest BCUT2D eigenvalue weighted by Gasteiger charge is -2.12. The van der Waals surface area contributed by atoms with Crippen LogP contribution in [0.25, 0.3) is 0 Å². The van der Waals surface area contributed by atoms with E-state index in [4.69, 9.17) is 14.2 Å². The molecule has 0 spiro atoms. The van der Waals surface area contributed by atoms with Gasteiger partial charge in [0.05, 0.1) is 14.2 Å². The minimum atomic E-state index is -0.203. The summed E-state index contributed by atoms with van der Waals surface area (Å²) in [5.74, 6) is 0.800. The van der Waals surface area contributed by atoms with Gasteiger partial charge in [-0.15, -0.1) is 0 Å². The van der Waals surface area contributed by atoms with Gasteiger partial charge in [-0.25, -0.2) is 0 Å². The number of nitrogens with one attached hydrogen (secondary N) is 1. The van der Waals surface area contributed by atoms with E-state index < -0.39 is 0 Å². The summed E-state index contributed by atoms with van der Waals surface area (Å²) in [6, 6.07) is 5.25. The fraction of sp³-hybridized carbons (Fsp3) is 0.500. The minimum absolute atomic E-state index is 0.203. The molecule has 19 heavy (non-hydrogen) atoms. The van der Waals surface area contributed by atoms with Crippen molar-refractivity contribution >= 4 is 5.91 Å². The number of carbonyl (C=O) groups excluding carboxylic acids is 1. The predicted molar refractivity (Wildman–Crippen MR) is 73.0 cm³/mol. The fourth-order valence-electron chi connectivity index (χ4n) is 1.68. The maximum Gasteiger partial charge on any atom is 0.258 e. The zero-order valence-corrected chi connectivity index (χ0v) is 11.7. The van der Waals surface area contributed by atoms with Gasteiger partial charge in [0.15, 0.2) is 0 Å². The number of methoxy groups -OCH3 is 2. The molecular weight excluding hydrogens is 246 g/mol. The molecule has 1 aromatic carbocycles. The minimum Gasteiger partial charge on any atom is -0.496 e. The molecule has 106 valence electrons. The number of ether oxygens (including phenoxy) is 3. The number of hydrogen-bond acceptors (Lipinski definition) is 4. The summed E-state index contributed by atoms with van der Waals surface area (Å²) in [5.41, 5.74) is 0.420. The zero-order valence-electron chi connectivity index (χ0n) is 11.7. The number of hydrogen-bond donors (Lipinski definition) is 1. The third kappa shape index (κ3) is 4.44. The van der Waals surface area contributed by atoms with Gasteiger partial charge in [0.25, 0.3) is 5.91 Å². The molecule has 1 amide bonds. The molecule has 1 N–H and O–H groups in total. The van der Waals surface area contributed by atoms with Crippen molar-refractivity contribution in [3.05, 3.63) is 23.8 Å². The van der Waals surface area contributed by atoms with E-state index in [1.165, 1.54) is 14.2 Å². The van der Waals surface area contributed by atoms with Gasteiger partial charge in [-0.3, -0.25) is 4.79 Å². The van der Waals surface area contributed by atoms with Crippen LogP contribution < -0.4 is 14.8 Å². The Balaban J connectivity index is 2.65. The van der Waals surface area contributed by atoms with Crippen LogP contribution in [0, 0.1) is 0 Å². The van der Waals surface area contributed by atoms with Crippen molar-refractivity contribution in [1.29, 1.82) is 0 Å². The summed E-state index contributed by atoms with van der Waals surface area (Å²) in [7, 11) is 3.06. The average molecular weight is 267 g/mol. The standard InChI is InChI=1S/C14H21NO4/c1-4-19-10-6-9-15-14(16)13-11(17-2)7-5-8-12(13)18-3/h5,7-8H,4,6,9-10H2,1-3H3,(H,15,16). The summed E-state index contributed by atoms with van der Waals surface area (Å²) < 4.78 is 15.6. The summed E-state index contributed by atoms with van der Waals surface area (Å²) in [4.78, 5) is 12.1. The molecule has 0 aromatic heterocycles. The van der Waals surface area contributed by atoms with Gasteiger partial charge in [-0.05, 0) is 25.5 Å². The summed E-state index contributed by atoms with van der Waals surface area (Å²) >= 11 is 0. The molecule has 0 atom stereocenters. The topological polar surface area (TPSA) is 56.8 Å². The van der Waals surface area contributed by atoms with Crippen LogP contribution in [0.4, 0.5) is 0 Å². The van der Waals surface area contributed by atoms with Crippen molar-refractivity contribution in [3.8, 4) is 11.5 Å². The van der Waals surface area contributed by atoms with Crippen molar-refractivity contribution in [3.63, 3.8) is 0 Å². The second kappa shape index (κ2) is 8.37. The first-order valence-electron chi connectivity index (χ1n) is 6.31. The van der Waals surface area contributed by atoms with E-state index in [9.17, 15) is 4.79 Å². The van der Waals surface area contributed by atoms with E-state index in [-0.39, 0.29) is 5.91 Å². The molecule has 0 heterocycles. The molecule has 0 unspecified atom stereocenters. The number of carbonyl (C=O) groups is 1. The van der Waals surface area contributed by atoms with E-state index in [2.05, 4.69) is 5.32 Å². The van der Waals surface area contributed by atoms with Crippen LogP contribution in [0.5, 0.6) is 11.5 Å². The van der Waals surface area contributed by atoms with Crippen LogP contribution >= 0.6 is 0 Å². The molecule has 0 saturated carbocycles. The monoisotopic (exact) mass is 267 g/mol. The molecule has 0 aliphatic rings. The molecular formula is C14H21NO4. The van der Waals surface area contributed by atoms with Gasteiger partial charge in [0.2, 0.25) is 0 Å². The van der Waals surface area contributed by atoms with Crippen molar-refractivity contribution < 1.29 is 19.0 Å². The van der Waals surface area contributed by atoms with Crippen LogP contribution in [-0.2, 0) is 4.74 Å². The first-order valence-corrected chi connectivity index (χ1v) is 6.31. The van der Waals surface area contributed by atoms with Gasteiger partial charge in [0.1, 0.15) is 17.1 Å². The van der Waals surface area contributed by atoms with Crippen molar-refractivity contribution in [2.24, 2.45) is 0 Å². The Kier molecular flexibility index (Phi) is 6.74. The second-order valence-electron chi connectivity index (χ2n) is 3.84. The molecule has 0 aliphatic carbocycles. The predicted octanol–water partition coefficient (Wildman–Crippen LogP) is 1.86. The third-order valence-corrected chi connectivity index (χ3v) is 2.61. The maximum atomic E-state index is 12.1. The van der Waals surface area contributed by atoms with Gasteiger partial charge < -0.3 is 19.5 Å². The molecule has 0 bridgehead atoms. The summed E-state index contributed by atoms with van der Waals surface area (Å²) in [6.07, 6.45) is 0.775. The Labute approximate surface area is 113 Å². The normalized spacial score (nSPS) is 10.1. The van der Waals surface area contributed by atoms with Crippen LogP contribution in [-0.4, -0.2) is 39.9 Å². The van der Waals surface area contributed by atoms with E-state index in [1.54, 1.807) is 18.2 Å². The Morgan fingerprint density at radius 1 is 1.21 bits per heavy atom. The molecule has 0 radical (unpaired) electrons. The first kappa shape index (κ1) is 15.3. The Hall–Kier alpha value is -1.75. The van der Waals surface area contributed by atoms with Crippen LogP contribution in [0.1, 0.15) is 23.7 Å². The highest BCUT2D eigenvalue weighted by atomic mass is 16.5. The van der Waals surface area contributed by atoms with E-state index >= 15 is 0 Å². The van der Waals surface area contributed by atoms with Crippen LogP contribution in [0.2, 0.25) is 0 Å². The molecule has 0 aliphatic heterocycles. The van der Waals surface area contributed by atoms with Crippen LogP contribution in [0.15, 0.2) is 18.2 Å². The van der Waals surface area contributed by atoms with E-state index in [0.717, 1.165) is 6.42 Å². The molecule has 1 rings (SSSR count). The van der Waals surface area contributed by atoms with Gasteiger partial charge in [-0.2, -0.15) is 0 Å². The van der Waals surface area contributed by atoms with Crippen LogP contribution in [0.3, 0.4) is 0 Å². The van der Waals surface area contributed by atoms with Gasteiger partial charge in [0, 0.05) is 19.8 Å². The van der Waals surface area contributed by atoms with E-state index in [1.807, 2.05) is 6.92 Å². The molecule has 5 nitrogen and oxygen atoms in total. The highest BCUT2D eigenvalue weighted by Gasteiger charge is 2.17. The molecule has 0 fully saturated rings. The Morgan fingerprint density at radius 2 is 1.84 bits per heavy atom. The van der Waals surface area contributed by atoms with Crippen molar-refractivity contribution in [1.82, 2.24) is 5.32 Å². The highest BCUT2D eigenvalue weighted by molar-refractivity contribution is 5.99. The second-order valence-corrected chi connectivity index (χ2v) is 3.84. The summed E-state index contributed by atoms with van der Waals surface area (Å²) in [6.45, 7) is 3.83. The Morgan fingerprint density at radius 3 is 2.37 bits per heavy atom. The van der Waals surface area contributed by atoms with Crippen molar-refractivity contribution in [2.75, 3.05) is 34.0 Å².